The van der Waals surface area contributed by atoms with Crippen molar-refractivity contribution in [3.8, 4) is 0 Å². The Labute approximate surface area is 113 Å². The monoisotopic (exact) mass is 263 g/mol. The Kier molecular flexibility index (Phi) is 3.73. The predicted octanol–water partition coefficient (Wildman–Crippen LogP) is 2.56. The van der Waals surface area contributed by atoms with Gasteiger partial charge in [-0.15, -0.1) is 0 Å². The smallest absolute Gasteiger partial charge is 0.376 e. The van der Waals surface area contributed by atoms with Crippen LogP contribution in [0.2, 0.25) is 0 Å². The summed E-state index contributed by atoms with van der Waals surface area (Å²) in [5, 5.41) is 3.40. The Bertz CT molecular complexity index is 486. The Morgan fingerprint density at radius 2 is 2.21 bits per heavy atom. The lowest BCUT2D eigenvalue weighted by Gasteiger charge is -2.18. The summed E-state index contributed by atoms with van der Waals surface area (Å²) in [6.45, 7) is 6.40. The van der Waals surface area contributed by atoms with Gasteiger partial charge in [0.1, 0.15) is 5.82 Å². The van der Waals surface area contributed by atoms with Gasteiger partial charge in [-0.05, 0) is 31.6 Å². The number of nitrogens with one attached hydrogen (secondary N) is 1. The van der Waals surface area contributed by atoms with E-state index in [1.54, 1.807) is 0 Å². The van der Waals surface area contributed by atoms with Crippen molar-refractivity contribution in [3.63, 3.8) is 0 Å². The van der Waals surface area contributed by atoms with Crippen LogP contribution in [0.4, 0.5) is 5.82 Å². The van der Waals surface area contributed by atoms with Crippen molar-refractivity contribution in [2.75, 3.05) is 12.4 Å². The van der Waals surface area contributed by atoms with E-state index in [-0.39, 0.29) is 5.82 Å². The Balaban J connectivity index is 2.12. The largest absolute Gasteiger partial charge is 0.463 e. The second-order valence-corrected chi connectivity index (χ2v) is 5.96. The number of rotatable bonds is 3. The molecule has 0 spiro atoms. The molecule has 1 aromatic heterocycles. The zero-order valence-corrected chi connectivity index (χ0v) is 12.0. The number of methoxy groups -OCH3 is 1. The first-order valence-electron chi connectivity index (χ1n) is 6.60. The fraction of sp³-hybridized carbons (Fsp3) is 0.643. The van der Waals surface area contributed by atoms with E-state index in [0.717, 1.165) is 18.5 Å². The van der Waals surface area contributed by atoms with Gasteiger partial charge in [-0.25, -0.2) is 14.8 Å². The van der Waals surface area contributed by atoms with Crippen molar-refractivity contribution in [3.05, 3.63) is 17.6 Å². The third-order valence-corrected chi connectivity index (χ3v) is 3.54. The highest BCUT2D eigenvalue weighted by Gasteiger charge is 2.31. The highest BCUT2D eigenvalue weighted by atomic mass is 16.5. The lowest BCUT2D eigenvalue weighted by atomic mass is 9.92. The molecule has 5 heteroatoms. The van der Waals surface area contributed by atoms with Crippen molar-refractivity contribution < 1.29 is 9.53 Å². The van der Waals surface area contributed by atoms with Crippen LogP contribution in [0.1, 0.15) is 49.4 Å². The number of esters is 1. The van der Waals surface area contributed by atoms with Crippen molar-refractivity contribution >= 4 is 11.8 Å². The quantitative estimate of drug-likeness (QED) is 0.849. The molecule has 5 nitrogen and oxygen atoms in total. The number of aromatic nitrogens is 2. The maximum absolute atomic E-state index is 11.5. The Morgan fingerprint density at radius 3 is 2.79 bits per heavy atom. The van der Waals surface area contributed by atoms with E-state index in [2.05, 4.69) is 33.9 Å². The molecule has 1 N–H and O–H groups in total. The summed E-state index contributed by atoms with van der Waals surface area (Å²) >= 11 is 0. The number of nitrogens with zero attached hydrogens (tertiary/aromatic N) is 2. The fourth-order valence-corrected chi connectivity index (χ4v) is 2.59. The van der Waals surface area contributed by atoms with Gasteiger partial charge in [-0.3, -0.25) is 0 Å². The van der Waals surface area contributed by atoms with Gasteiger partial charge in [0.2, 0.25) is 5.82 Å². The van der Waals surface area contributed by atoms with Gasteiger partial charge in [-0.2, -0.15) is 0 Å². The first kappa shape index (κ1) is 13.8. The second-order valence-electron chi connectivity index (χ2n) is 5.96. The minimum atomic E-state index is -0.501. The van der Waals surface area contributed by atoms with Gasteiger partial charge < -0.3 is 10.1 Å². The standard InChI is InChI=1S/C14H21N3O2/c1-9-7-11(17-12(15-9)13(18)19-4)16-10-5-6-14(2,3)8-10/h7,10H,5-6,8H2,1-4H3,(H,15,16,17). The van der Waals surface area contributed by atoms with Gasteiger partial charge in [0, 0.05) is 17.8 Å². The molecule has 1 aliphatic carbocycles. The number of anilines is 1. The molecule has 2 rings (SSSR count). The SMILES string of the molecule is COC(=O)c1nc(C)cc(NC2CCC(C)(C)C2)n1. The first-order chi connectivity index (χ1) is 8.89. The summed E-state index contributed by atoms with van der Waals surface area (Å²) in [7, 11) is 1.33. The van der Waals surface area contributed by atoms with Crippen molar-refractivity contribution in [2.45, 2.75) is 46.1 Å². The van der Waals surface area contributed by atoms with Gasteiger partial charge in [0.05, 0.1) is 7.11 Å². The number of hydrogen-bond donors (Lipinski definition) is 1. The van der Waals surface area contributed by atoms with E-state index >= 15 is 0 Å². The third kappa shape index (κ3) is 3.43. The predicted molar refractivity (Wildman–Crippen MR) is 73.2 cm³/mol. The van der Waals surface area contributed by atoms with Gasteiger partial charge in [-0.1, -0.05) is 13.8 Å². The molecule has 1 atom stereocenters. The van der Waals surface area contributed by atoms with Crippen LogP contribution in [-0.2, 0) is 4.74 Å². The van der Waals surface area contributed by atoms with Crippen LogP contribution in [0.25, 0.3) is 0 Å². The van der Waals surface area contributed by atoms with Crippen LogP contribution >= 0.6 is 0 Å². The zero-order valence-electron chi connectivity index (χ0n) is 12.0. The van der Waals surface area contributed by atoms with E-state index in [0.29, 0.717) is 17.3 Å². The molecule has 0 radical (unpaired) electrons. The van der Waals surface area contributed by atoms with Crippen LogP contribution in [0.5, 0.6) is 0 Å². The van der Waals surface area contributed by atoms with Crippen LogP contribution in [0, 0.1) is 12.3 Å². The molecule has 104 valence electrons. The molecule has 1 heterocycles. The van der Waals surface area contributed by atoms with Crippen molar-refractivity contribution in [2.24, 2.45) is 5.41 Å². The summed E-state index contributed by atoms with van der Waals surface area (Å²) in [6.07, 6.45) is 3.45. The Hall–Kier alpha value is -1.65. The fourth-order valence-electron chi connectivity index (χ4n) is 2.59. The minimum absolute atomic E-state index is 0.113. The molecule has 1 fully saturated rings. The maximum Gasteiger partial charge on any atom is 0.376 e. The molecule has 0 amide bonds. The highest BCUT2D eigenvalue weighted by Crippen LogP contribution is 2.38. The van der Waals surface area contributed by atoms with E-state index < -0.39 is 5.97 Å². The van der Waals surface area contributed by atoms with Gasteiger partial charge in [0.15, 0.2) is 0 Å². The molecule has 1 saturated carbocycles. The summed E-state index contributed by atoms with van der Waals surface area (Å²) in [5.74, 6) is 0.316. The average Bonchev–Trinajstić information content (AvgIpc) is 2.66. The number of hydrogen-bond acceptors (Lipinski definition) is 5. The molecule has 0 aliphatic heterocycles. The summed E-state index contributed by atoms with van der Waals surface area (Å²) < 4.78 is 4.66. The van der Waals surface area contributed by atoms with Crippen LogP contribution < -0.4 is 5.32 Å². The van der Waals surface area contributed by atoms with E-state index in [9.17, 15) is 4.79 Å². The first-order valence-corrected chi connectivity index (χ1v) is 6.60. The highest BCUT2D eigenvalue weighted by molar-refractivity contribution is 5.85. The number of aryl methyl sites for hydroxylation is 1. The number of carbonyl (C=O) groups excluding carboxylic acids is 1. The third-order valence-electron chi connectivity index (χ3n) is 3.54. The van der Waals surface area contributed by atoms with Crippen LogP contribution in [0.15, 0.2) is 6.07 Å². The van der Waals surface area contributed by atoms with E-state index in [1.807, 2.05) is 13.0 Å². The molecular formula is C14H21N3O2. The topological polar surface area (TPSA) is 64.1 Å². The average molecular weight is 263 g/mol. The minimum Gasteiger partial charge on any atom is -0.463 e. The van der Waals surface area contributed by atoms with Gasteiger partial charge in [0.25, 0.3) is 0 Å². The van der Waals surface area contributed by atoms with E-state index in [1.165, 1.54) is 13.5 Å². The number of ether oxygens (including phenoxy) is 1. The van der Waals surface area contributed by atoms with E-state index in [4.69, 9.17) is 0 Å². The summed E-state index contributed by atoms with van der Waals surface area (Å²) in [5.41, 5.74) is 1.14. The molecule has 0 saturated heterocycles. The zero-order chi connectivity index (χ0) is 14.0. The van der Waals surface area contributed by atoms with Gasteiger partial charge >= 0.3 is 5.97 Å². The molecule has 0 bridgehead atoms. The molecule has 19 heavy (non-hydrogen) atoms. The van der Waals surface area contributed by atoms with Crippen LogP contribution in [-0.4, -0.2) is 29.1 Å². The summed E-state index contributed by atoms with van der Waals surface area (Å²) in [6, 6.07) is 2.27. The molecule has 0 aromatic carbocycles. The molecule has 1 unspecified atom stereocenters. The number of carbonyl (C=O) groups is 1. The molecule has 1 aliphatic rings. The van der Waals surface area contributed by atoms with Crippen molar-refractivity contribution in [1.82, 2.24) is 9.97 Å². The normalized spacial score (nSPS) is 21.2. The molecular weight excluding hydrogens is 242 g/mol. The summed E-state index contributed by atoms with van der Waals surface area (Å²) in [4.78, 5) is 19.8. The second kappa shape index (κ2) is 5.15. The Morgan fingerprint density at radius 1 is 1.47 bits per heavy atom. The lowest BCUT2D eigenvalue weighted by molar-refractivity contribution is 0.0586. The van der Waals surface area contributed by atoms with Crippen molar-refractivity contribution in [1.29, 1.82) is 0 Å². The lowest BCUT2D eigenvalue weighted by Crippen LogP contribution is -2.20. The molecule has 1 aromatic rings. The van der Waals surface area contributed by atoms with Crippen LogP contribution in [0.3, 0.4) is 0 Å². The maximum atomic E-state index is 11.5.